The summed E-state index contributed by atoms with van der Waals surface area (Å²) in [6.07, 6.45) is 1.67. The predicted octanol–water partition coefficient (Wildman–Crippen LogP) is 1.88. The quantitative estimate of drug-likeness (QED) is 0.647. The van der Waals surface area contributed by atoms with Crippen molar-refractivity contribution in [2.24, 2.45) is 0 Å². The maximum absolute atomic E-state index is 5.95. The maximum atomic E-state index is 5.95. The molecule has 9 heteroatoms. The van der Waals surface area contributed by atoms with Gasteiger partial charge in [0.05, 0.1) is 19.2 Å². The molecule has 0 unspecified atom stereocenters. The number of ether oxygens (including phenoxy) is 2. The number of hydrogen-bond donors (Lipinski definition) is 2. The van der Waals surface area contributed by atoms with Gasteiger partial charge in [0.15, 0.2) is 22.1 Å². The number of piperazine rings is 1. The summed E-state index contributed by atoms with van der Waals surface area (Å²) in [5.41, 5.74) is 7.98. The molecule has 3 N–H and O–H groups in total. The van der Waals surface area contributed by atoms with E-state index < -0.39 is 0 Å². The molecule has 4 rings (SSSR count). The molecule has 0 radical (unpaired) electrons. The Labute approximate surface area is 167 Å². The van der Waals surface area contributed by atoms with Gasteiger partial charge in [0.1, 0.15) is 5.52 Å². The topological polar surface area (TPSA) is 98.4 Å². The Morgan fingerprint density at radius 2 is 1.86 bits per heavy atom. The monoisotopic (exact) mass is 400 g/mol. The van der Waals surface area contributed by atoms with Crippen LogP contribution in [-0.2, 0) is 12.8 Å². The third-order valence-electron chi connectivity index (χ3n) is 4.79. The van der Waals surface area contributed by atoms with Gasteiger partial charge in [-0.05, 0) is 24.1 Å². The molecule has 1 fully saturated rings. The lowest BCUT2D eigenvalue weighted by atomic mass is 10.1. The normalized spacial score (nSPS) is 14.4. The second-order valence-electron chi connectivity index (χ2n) is 6.59. The number of nitrogens with two attached hydrogens (primary N) is 1. The number of hydrogen-bond acceptors (Lipinski definition) is 9. The summed E-state index contributed by atoms with van der Waals surface area (Å²) in [5.74, 6) is 2.62. The van der Waals surface area contributed by atoms with E-state index in [-0.39, 0.29) is 0 Å². The number of thiazole rings is 1. The number of aromatic nitrogens is 3. The Hall–Kier alpha value is -2.65. The summed E-state index contributed by atoms with van der Waals surface area (Å²) in [5, 5.41) is 4.38. The number of methoxy groups -OCH3 is 2. The molecule has 3 heterocycles. The molecule has 0 spiro atoms. The van der Waals surface area contributed by atoms with Gasteiger partial charge in [0.2, 0.25) is 5.95 Å². The van der Waals surface area contributed by atoms with E-state index in [2.05, 4.69) is 26.3 Å². The van der Waals surface area contributed by atoms with Crippen molar-refractivity contribution in [3.8, 4) is 11.5 Å². The van der Waals surface area contributed by atoms with Gasteiger partial charge in [-0.25, -0.2) is 9.97 Å². The molecule has 0 bridgehead atoms. The van der Waals surface area contributed by atoms with Gasteiger partial charge in [0.25, 0.3) is 0 Å². The third kappa shape index (κ3) is 3.81. The van der Waals surface area contributed by atoms with Crippen LogP contribution in [0.5, 0.6) is 11.5 Å². The van der Waals surface area contributed by atoms with Crippen molar-refractivity contribution in [2.75, 3.05) is 51.0 Å². The van der Waals surface area contributed by atoms with Crippen LogP contribution in [-0.4, -0.2) is 55.4 Å². The first-order valence-electron chi connectivity index (χ1n) is 9.27. The highest BCUT2D eigenvalue weighted by atomic mass is 32.1. The smallest absolute Gasteiger partial charge is 0.223 e. The fraction of sp³-hybridized carbons (Fsp3) is 0.421. The first-order valence-corrected chi connectivity index (χ1v) is 10.1. The van der Waals surface area contributed by atoms with Crippen molar-refractivity contribution in [1.29, 1.82) is 0 Å². The van der Waals surface area contributed by atoms with Crippen LogP contribution in [0.1, 0.15) is 10.6 Å². The van der Waals surface area contributed by atoms with Crippen LogP contribution in [0.3, 0.4) is 0 Å². The SMILES string of the molecule is COc1ccc(CCc2nc3c(N4CCNCC4)nc(N)nc3s2)cc1OC. The highest BCUT2D eigenvalue weighted by Gasteiger charge is 2.19. The summed E-state index contributed by atoms with van der Waals surface area (Å²) < 4.78 is 10.7. The molecular formula is C19H24N6O2S. The Morgan fingerprint density at radius 1 is 1.07 bits per heavy atom. The molecule has 0 atom stereocenters. The number of nitrogens with zero attached hydrogens (tertiary/aromatic N) is 4. The second kappa shape index (κ2) is 8.15. The molecule has 3 aromatic rings. The lowest BCUT2D eigenvalue weighted by molar-refractivity contribution is 0.354. The Morgan fingerprint density at radius 3 is 2.61 bits per heavy atom. The van der Waals surface area contributed by atoms with Gasteiger partial charge in [0, 0.05) is 32.6 Å². The molecular weight excluding hydrogens is 376 g/mol. The Kier molecular flexibility index (Phi) is 5.45. The average molecular weight is 401 g/mol. The largest absolute Gasteiger partial charge is 0.493 e. The van der Waals surface area contributed by atoms with Crippen LogP contribution in [0.25, 0.3) is 10.3 Å². The minimum atomic E-state index is 0.302. The van der Waals surface area contributed by atoms with Crippen molar-refractivity contribution >= 4 is 33.5 Å². The number of benzene rings is 1. The van der Waals surface area contributed by atoms with Gasteiger partial charge in [-0.3, -0.25) is 0 Å². The maximum Gasteiger partial charge on any atom is 0.223 e. The van der Waals surface area contributed by atoms with Gasteiger partial charge in [-0.1, -0.05) is 17.4 Å². The van der Waals surface area contributed by atoms with Crippen LogP contribution < -0.4 is 25.4 Å². The number of nitrogens with one attached hydrogen (secondary N) is 1. The number of rotatable bonds is 6. The summed E-state index contributed by atoms with van der Waals surface area (Å²) in [6, 6.07) is 6.00. The van der Waals surface area contributed by atoms with E-state index in [9.17, 15) is 0 Å². The molecule has 1 aromatic carbocycles. The zero-order valence-corrected chi connectivity index (χ0v) is 16.9. The molecule has 1 aliphatic heterocycles. The lowest BCUT2D eigenvalue weighted by Crippen LogP contribution is -2.44. The van der Waals surface area contributed by atoms with Crippen LogP contribution in [0.15, 0.2) is 18.2 Å². The lowest BCUT2D eigenvalue weighted by Gasteiger charge is -2.28. The van der Waals surface area contributed by atoms with Crippen LogP contribution in [0.2, 0.25) is 0 Å². The zero-order chi connectivity index (χ0) is 19.5. The molecule has 28 heavy (non-hydrogen) atoms. The Bertz CT molecular complexity index is 970. The number of fused-ring (bicyclic) bond motifs is 1. The number of aryl methyl sites for hydroxylation is 2. The standard InChI is InChI=1S/C19H24N6O2S/c1-26-13-5-3-12(11-14(13)27-2)4-6-15-22-16-17(25-9-7-21-8-10-25)23-19(20)24-18(16)28-15/h3,5,11,21H,4,6-10H2,1-2H3,(H2,20,23,24). The second-order valence-corrected chi connectivity index (χ2v) is 7.66. The van der Waals surface area contributed by atoms with Crippen molar-refractivity contribution in [3.63, 3.8) is 0 Å². The number of anilines is 2. The average Bonchev–Trinajstić information content (AvgIpc) is 3.14. The highest BCUT2D eigenvalue weighted by Crippen LogP contribution is 2.31. The molecule has 1 saturated heterocycles. The van der Waals surface area contributed by atoms with Gasteiger partial charge in [-0.15, -0.1) is 0 Å². The van der Waals surface area contributed by atoms with Gasteiger partial charge < -0.3 is 25.4 Å². The molecule has 0 aliphatic carbocycles. The molecule has 2 aromatic heterocycles. The predicted molar refractivity (Wildman–Crippen MR) is 112 cm³/mol. The molecule has 0 saturated carbocycles. The summed E-state index contributed by atoms with van der Waals surface area (Å²) in [6.45, 7) is 3.65. The summed E-state index contributed by atoms with van der Waals surface area (Å²) in [4.78, 5) is 16.8. The minimum absolute atomic E-state index is 0.302. The minimum Gasteiger partial charge on any atom is -0.493 e. The third-order valence-corrected chi connectivity index (χ3v) is 5.80. The van der Waals surface area contributed by atoms with E-state index in [1.165, 1.54) is 5.56 Å². The van der Waals surface area contributed by atoms with Gasteiger partial charge in [-0.2, -0.15) is 4.98 Å². The Balaban J connectivity index is 1.56. The zero-order valence-electron chi connectivity index (χ0n) is 16.1. The number of nitrogen functional groups attached to an aromatic ring is 1. The van der Waals surface area contributed by atoms with Crippen LogP contribution in [0.4, 0.5) is 11.8 Å². The van der Waals surface area contributed by atoms with Crippen molar-refractivity contribution in [3.05, 3.63) is 28.8 Å². The molecule has 1 aliphatic rings. The molecule has 148 valence electrons. The van der Waals surface area contributed by atoms with E-state index in [1.54, 1.807) is 25.6 Å². The van der Waals surface area contributed by atoms with E-state index in [0.29, 0.717) is 5.95 Å². The van der Waals surface area contributed by atoms with E-state index >= 15 is 0 Å². The van der Waals surface area contributed by atoms with Crippen molar-refractivity contribution < 1.29 is 9.47 Å². The first kappa shape index (κ1) is 18.7. The van der Waals surface area contributed by atoms with E-state index in [1.807, 2.05) is 12.1 Å². The summed E-state index contributed by atoms with van der Waals surface area (Å²) in [7, 11) is 3.29. The van der Waals surface area contributed by atoms with E-state index in [0.717, 1.165) is 71.7 Å². The van der Waals surface area contributed by atoms with E-state index in [4.69, 9.17) is 20.2 Å². The van der Waals surface area contributed by atoms with Crippen molar-refractivity contribution in [2.45, 2.75) is 12.8 Å². The van der Waals surface area contributed by atoms with Crippen LogP contribution in [0, 0.1) is 0 Å². The highest BCUT2D eigenvalue weighted by molar-refractivity contribution is 7.18. The van der Waals surface area contributed by atoms with Crippen molar-refractivity contribution in [1.82, 2.24) is 20.3 Å². The molecule has 8 nitrogen and oxygen atoms in total. The first-order chi connectivity index (χ1) is 13.7. The fourth-order valence-corrected chi connectivity index (χ4v) is 4.30. The fourth-order valence-electron chi connectivity index (χ4n) is 3.36. The summed E-state index contributed by atoms with van der Waals surface area (Å²) >= 11 is 1.59. The molecule has 0 amide bonds. The van der Waals surface area contributed by atoms with Crippen LogP contribution >= 0.6 is 11.3 Å². The van der Waals surface area contributed by atoms with Gasteiger partial charge >= 0.3 is 0 Å².